The number of hydrogen-bond donors (Lipinski definition) is 3. The van der Waals surface area contributed by atoms with Crippen LogP contribution in [-0.2, 0) is 32.5 Å². The molecule has 1 aromatic heterocycles. The number of carbonyl (C=O) groups excluding carboxylic acids is 1. The van der Waals surface area contributed by atoms with E-state index in [9.17, 15) is 23.2 Å². The number of nitrogens with one attached hydrogen (secondary N) is 2. The molecule has 3 N–H and O–H groups in total. The number of sulfonamides is 1. The third-order valence-corrected chi connectivity index (χ3v) is 7.14. The number of nitrogens with zero attached hydrogens (tertiary/aromatic N) is 2. The van der Waals surface area contributed by atoms with Crippen LogP contribution in [0.4, 0.5) is 5.69 Å². The summed E-state index contributed by atoms with van der Waals surface area (Å²) in [5.74, 6) is -0.932. The van der Waals surface area contributed by atoms with E-state index in [1.54, 1.807) is 25.1 Å². The minimum absolute atomic E-state index is 0.0137. The molecule has 174 valence electrons. The lowest BCUT2D eigenvalue weighted by molar-refractivity contribution is -0.141. The van der Waals surface area contributed by atoms with Crippen LogP contribution in [0.15, 0.2) is 40.4 Å². The second kappa shape index (κ2) is 8.93. The molecule has 0 aliphatic carbocycles. The molecule has 2 aromatic carbocycles. The van der Waals surface area contributed by atoms with Crippen LogP contribution in [-0.4, -0.2) is 56.1 Å². The molecule has 4 rings (SSSR count). The predicted molar refractivity (Wildman–Crippen MR) is 123 cm³/mol. The van der Waals surface area contributed by atoms with Crippen molar-refractivity contribution in [1.29, 1.82) is 0 Å². The van der Waals surface area contributed by atoms with Gasteiger partial charge in [0.05, 0.1) is 17.0 Å². The highest BCUT2D eigenvalue weighted by molar-refractivity contribution is 7.89. The first-order valence-corrected chi connectivity index (χ1v) is 11.9. The zero-order chi connectivity index (χ0) is 23.8. The van der Waals surface area contributed by atoms with Gasteiger partial charge in [0.15, 0.2) is 5.69 Å². The molecule has 0 bridgehead atoms. The van der Waals surface area contributed by atoms with E-state index in [4.69, 9.17) is 4.74 Å². The van der Waals surface area contributed by atoms with Crippen LogP contribution in [0.5, 0.6) is 5.88 Å². The summed E-state index contributed by atoms with van der Waals surface area (Å²) < 4.78 is 32.0. The van der Waals surface area contributed by atoms with Crippen LogP contribution < -0.4 is 4.72 Å². The average molecular weight is 473 g/mol. The van der Waals surface area contributed by atoms with Crippen molar-refractivity contribution >= 4 is 32.6 Å². The standard InChI is InChI=1S/C22H24N4O6S/c1-3-32-19(27)11-23-33(30,31)14-6-4-13(5-7-14)16-10-17-20(24-22(28)21(17)25-29)18-12-26(2)9-8-15(16)18/h4-7,10,23-24,28H,3,8-9,11-12H2,1-2H3. The Morgan fingerprint density at radius 2 is 2.00 bits per heavy atom. The van der Waals surface area contributed by atoms with Crippen LogP contribution in [0, 0.1) is 4.91 Å². The fourth-order valence-electron chi connectivity index (χ4n) is 4.14. The number of nitroso groups, excluding NO2 is 1. The van der Waals surface area contributed by atoms with Crippen molar-refractivity contribution in [2.24, 2.45) is 5.18 Å². The molecular weight excluding hydrogens is 448 g/mol. The van der Waals surface area contributed by atoms with E-state index in [1.165, 1.54) is 12.1 Å². The Bertz CT molecular complexity index is 1330. The number of rotatable bonds is 7. The quantitative estimate of drug-likeness (QED) is 0.355. The minimum Gasteiger partial charge on any atom is -0.493 e. The van der Waals surface area contributed by atoms with Crippen molar-refractivity contribution in [2.75, 3.05) is 26.7 Å². The summed E-state index contributed by atoms with van der Waals surface area (Å²) in [6, 6.07) is 8.08. The smallest absolute Gasteiger partial charge is 0.321 e. The van der Waals surface area contributed by atoms with Gasteiger partial charge in [-0.1, -0.05) is 12.1 Å². The van der Waals surface area contributed by atoms with E-state index < -0.39 is 22.5 Å². The molecule has 1 aliphatic heterocycles. The number of carbonyl (C=O) groups is 1. The number of esters is 1. The molecule has 0 radical (unpaired) electrons. The van der Waals surface area contributed by atoms with Gasteiger partial charge in [0.1, 0.15) is 6.54 Å². The normalized spacial score (nSPS) is 14.2. The Kier molecular flexibility index (Phi) is 6.19. The van der Waals surface area contributed by atoms with Gasteiger partial charge in [0, 0.05) is 18.5 Å². The fourth-order valence-corrected chi connectivity index (χ4v) is 5.11. The second-order valence-corrected chi connectivity index (χ2v) is 9.63. The molecule has 0 saturated carbocycles. The van der Waals surface area contributed by atoms with E-state index in [0.717, 1.165) is 35.2 Å². The van der Waals surface area contributed by atoms with Crippen LogP contribution in [0.3, 0.4) is 0 Å². The van der Waals surface area contributed by atoms with Crippen molar-refractivity contribution in [1.82, 2.24) is 14.6 Å². The Labute approximate surface area is 190 Å². The molecule has 3 aromatic rings. The molecule has 33 heavy (non-hydrogen) atoms. The molecular formula is C22H24N4O6S. The van der Waals surface area contributed by atoms with Gasteiger partial charge >= 0.3 is 5.97 Å². The molecule has 0 saturated heterocycles. The van der Waals surface area contributed by atoms with Gasteiger partial charge < -0.3 is 19.7 Å². The van der Waals surface area contributed by atoms with Gasteiger partial charge in [-0.2, -0.15) is 4.72 Å². The Morgan fingerprint density at radius 3 is 2.67 bits per heavy atom. The molecule has 0 unspecified atom stereocenters. The number of aromatic nitrogens is 1. The third kappa shape index (κ3) is 4.34. The van der Waals surface area contributed by atoms with Crippen molar-refractivity contribution in [3.63, 3.8) is 0 Å². The maximum absolute atomic E-state index is 12.5. The van der Waals surface area contributed by atoms with E-state index in [0.29, 0.717) is 17.4 Å². The van der Waals surface area contributed by atoms with Gasteiger partial charge in [-0.15, -0.1) is 4.91 Å². The number of ether oxygens (including phenoxy) is 1. The number of aromatic hydroxyl groups is 1. The first-order valence-electron chi connectivity index (χ1n) is 10.4. The van der Waals surface area contributed by atoms with Gasteiger partial charge in [0.2, 0.25) is 15.9 Å². The highest BCUT2D eigenvalue weighted by atomic mass is 32.2. The lowest BCUT2D eigenvalue weighted by Gasteiger charge is -2.27. The number of H-pyrrole nitrogens is 1. The molecule has 1 aliphatic rings. The van der Waals surface area contributed by atoms with E-state index in [-0.39, 0.29) is 23.1 Å². The summed E-state index contributed by atoms with van der Waals surface area (Å²) in [5, 5.41) is 13.6. The molecule has 2 heterocycles. The first-order chi connectivity index (χ1) is 15.7. The molecule has 10 nitrogen and oxygen atoms in total. The zero-order valence-corrected chi connectivity index (χ0v) is 19.0. The Balaban J connectivity index is 1.74. The number of fused-ring (bicyclic) bond motifs is 3. The number of likely N-dealkylation sites (N-methyl/N-ethyl adjacent to an activating group) is 1. The molecule has 0 spiro atoms. The largest absolute Gasteiger partial charge is 0.493 e. The van der Waals surface area contributed by atoms with Crippen molar-refractivity contribution in [3.8, 4) is 17.0 Å². The van der Waals surface area contributed by atoms with Gasteiger partial charge in [-0.25, -0.2) is 8.42 Å². The minimum atomic E-state index is -3.89. The maximum atomic E-state index is 12.5. The zero-order valence-electron chi connectivity index (χ0n) is 18.2. The lowest BCUT2D eigenvalue weighted by Crippen LogP contribution is -2.30. The lowest BCUT2D eigenvalue weighted by atomic mass is 9.89. The monoisotopic (exact) mass is 472 g/mol. The molecule has 0 atom stereocenters. The molecule has 11 heteroatoms. The molecule has 0 amide bonds. The van der Waals surface area contributed by atoms with E-state index in [2.05, 4.69) is 19.8 Å². The summed E-state index contributed by atoms with van der Waals surface area (Å²) >= 11 is 0. The van der Waals surface area contributed by atoms with Gasteiger partial charge in [-0.05, 0) is 66.0 Å². The summed E-state index contributed by atoms with van der Waals surface area (Å²) in [7, 11) is -1.90. The van der Waals surface area contributed by atoms with Crippen LogP contribution in [0.25, 0.3) is 22.0 Å². The molecule has 0 fully saturated rings. The van der Waals surface area contributed by atoms with Gasteiger partial charge in [0.25, 0.3) is 0 Å². The van der Waals surface area contributed by atoms with Crippen LogP contribution in [0.1, 0.15) is 18.1 Å². The highest BCUT2D eigenvalue weighted by Gasteiger charge is 2.25. The van der Waals surface area contributed by atoms with E-state index >= 15 is 0 Å². The first kappa shape index (κ1) is 22.9. The summed E-state index contributed by atoms with van der Waals surface area (Å²) in [6.07, 6.45) is 0.752. The fraction of sp³-hybridized carbons (Fsp3) is 0.318. The maximum Gasteiger partial charge on any atom is 0.321 e. The average Bonchev–Trinajstić information content (AvgIpc) is 3.12. The highest BCUT2D eigenvalue weighted by Crippen LogP contribution is 2.43. The van der Waals surface area contributed by atoms with Crippen LogP contribution in [0.2, 0.25) is 0 Å². The topological polar surface area (TPSA) is 141 Å². The summed E-state index contributed by atoms with van der Waals surface area (Å²) in [5.41, 5.74) is 4.27. The number of hydrogen-bond acceptors (Lipinski definition) is 8. The van der Waals surface area contributed by atoms with Crippen LogP contribution >= 0.6 is 0 Å². The Morgan fingerprint density at radius 1 is 1.27 bits per heavy atom. The number of aromatic amines is 1. The number of benzene rings is 2. The summed E-state index contributed by atoms with van der Waals surface area (Å²) in [4.78, 5) is 27.9. The third-order valence-electron chi connectivity index (χ3n) is 5.72. The van der Waals surface area contributed by atoms with Crippen molar-refractivity contribution in [3.05, 3.63) is 46.4 Å². The van der Waals surface area contributed by atoms with E-state index in [1.807, 2.05) is 7.05 Å². The van der Waals surface area contributed by atoms with Crippen molar-refractivity contribution < 1.29 is 23.1 Å². The Hall–Kier alpha value is -3.28. The summed E-state index contributed by atoms with van der Waals surface area (Å²) in [6.45, 7) is 2.82. The van der Waals surface area contributed by atoms with Crippen molar-refractivity contribution in [2.45, 2.75) is 24.8 Å². The second-order valence-electron chi connectivity index (χ2n) is 7.86. The predicted octanol–water partition coefficient (Wildman–Crippen LogP) is 2.77. The SMILES string of the molecule is CCOC(=O)CNS(=O)(=O)c1ccc(-c2cc3c(N=O)c(O)[nH]c3c3c2CCN(C)C3)cc1. The van der Waals surface area contributed by atoms with Gasteiger partial charge in [-0.3, -0.25) is 4.79 Å².